The van der Waals surface area contributed by atoms with Gasteiger partial charge >= 0.3 is 0 Å². The first-order valence-corrected chi connectivity index (χ1v) is 10.5. The van der Waals surface area contributed by atoms with Gasteiger partial charge in [-0.2, -0.15) is 0 Å². The highest BCUT2D eigenvalue weighted by Gasteiger charge is 2.22. The van der Waals surface area contributed by atoms with Crippen LogP contribution < -0.4 is 5.32 Å². The van der Waals surface area contributed by atoms with E-state index < -0.39 is 0 Å². The van der Waals surface area contributed by atoms with Gasteiger partial charge in [0.2, 0.25) is 11.8 Å². The minimum atomic E-state index is -0.214. The van der Waals surface area contributed by atoms with Crippen molar-refractivity contribution in [1.29, 1.82) is 0 Å². The van der Waals surface area contributed by atoms with E-state index in [0.717, 1.165) is 18.4 Å². The van der Waals surface area contributed by atoms with Gasteiger partial charge in [0, 0.05) is 16.0 Å². The lowest BCUT2D eigenvalue weighted by Crippen LogP contribution is -2.28. The predicted molar refractivity (Wildman–Crippen MR) is 104 cm³/mol. The Labute approximate surface area is 167 Å². The van der Waals surface area contributed by atoms with Gasteiger partial charge in [0.05, 0.1) is 11.8 Å². The Balaban J connectivity index is 1.50. The van der Waals surface area contributed by atoms with Crippen molar-refractivity contribution in [1.82, 2.24) is 15.5 Å². The quantitative estimate of drug-likeness (QED) is 0.642. The van der Waals surface area contributed by atoms with Crippen LogP contribution in [0.5, 0.6) is 0 Å². The van der Waals surface area contributed by atoms with Crippen molar-refractivity contribution in [2.24, 2.45) is 0 Å². The summed E-state index contributed by atoms with van der Waals surface area (Å²) in [4.78, 5) is 12.2. The molecule has 1 aliphatic carbocycles. The summed E-state index contributed by atoms with van der Waals surface area (Å²) in [5.74, 6) is 1.16. The van der Waals surface area contributed by atoms with Gasteiger partial charge in [-0.05, 0) is 37.5 Å². The molecule has 1 fully saturated rings. The Bertz CT molecular complexity index is 763. The van der Waals surface area contributed by atoms with Gasteiger partial charge in [-0.25, -0.2) is 0 Å². The van der Waals surface area contributed by atoms with Gasteiger partial charge in [-0.3, -0.25) is 4.79 Å². The molecule has 0 radical (unpaired) electrons. The molecule has 0 unspecified atom stereocenters. The van der Waals surface area contributed by atoms with Crippen molar-refractivity contribution in [3.63, 3.8) is 0 Å². The topological polar surface area (TPSA) is 68.0 Å². The number of carbonyl (C=O) groups excluding carboxylic acids is 1. The maximum atomic E-state index is 12.2. The third-order valence-electron chi connectivity index (χ3n) is 4.51. The zero-order chi connectivity index (χ0) is 18.5. The maximum Gasteiger partial charge on any atom is 0.277 e. The van der Waals surface area contributed by atoms with E-state index >= 15 is 0 Å². The lowest BCUT2D eigenvalue weighted by Gasteiger charge is -2.17. The second-order valence-electron chi connectivity index (χ2n) is 6.48. The number of thioether (sulfide) groups is 1. The highest BCUT2D eigenvalue weighted by Crippen LogP contribution is 2.33. The van der Waals surface area contributed by atoms with Gasteiger partial charge in [0.25, 0.3) is 5.22 Å². The highest BCUT2D eigenvalue weighted by molar-refractivity contribution is 7.99. The van der Waals surface area contributed by atoms with Crippen molar-refractivity contribution in [2.75, 3.05) is 5.75 Å². The Morgan fingerprint density at radius 1 is 1.31 bits per heavy atom. The molecule has 0 bridgehead atoms. The van der Waals surface area contributed by atoms with E-state index in [4.69, 9.17) is 27.6 Å². The lowest BCUT2D eigenvalue weighted by molar-refractivity contribution is -0.119. The molecule has 1 atom stereocenters. The maximum absolute atomic E-state index is 12.2. The fourth-order valence-electron chi connectivity index (χ4n) is 3.13. The molecule has 1 heterocycles. The molecule has 2 aromatic rings. The zero-order valence-corrected chi connectivity index (χ0v) is 16.8. The summed E-state index contributed by atoms with van der Waals surface area (Å²) in [6, 6.07) is 5.03. The summed E-state index contributed by atoms with van der Waals surface area (Å²) < 4.78 is 5.72. The summed E-state index contributed by atoms with van der Waals surface area (Å²) in [6.45, 7) is 1.88. The molecule has 8 heteroatoms. The van der Waals surface area contributed by atoms with Gasteiger partial charge < -0.3 is 9.73 Å². The number of hydrogen-bond donors (Lipinski definition) is 1. The molecule has 1 amide bonds. The lowest BCUT2D eigenvalue weighted by atomic mass is 9.89. The van der Waals surface area contributed by atoms with Crippen molar-refractivity contribution >= 4 is 40.9 Å². The van der Waals surface area contributed by atoms with Crippen LogP contribution in [0.4, 0.5) is 0 Å². The van der Waals surface area contributed by atoms with E-state index in [2.05, 4.69) is 15.5 Å². The summed E-state index contributed by atoms with van der Waals surface area (Å²) >= 11 is 13.3. The molecule has 0 aliphatic heterocycles. The third-order valence-corrected chi connectivity index (χ3v) is 5.89. The predicted octanol–water partition coefficient (Wildman–Crippen LogP) is 5.39. The van der Waals surface area contributed by atoms with E-state index in [9.17, 15) is 4.79 Å². The SMILES string of the molecule is C[C@H](NC(=O)CSc1nnc(C2CCCCC2)o1)c1ccc(Cl)cc1Cl. The Morgan fingerprint density at radius 2 is 2.08 bits per heavy atom. The molecular formula is C18H21Cl2N3O2S. The number of hydrogen-bond acceptors (Lipinski definition) is 5. The third kappa shape index (κ3) is 5.15. The summed E-state index contributed by atoms with van der Waals surface area (Å²) in [5, 5.41) is 12.7. The van der Waals surface area contributed by atoms with E-state index in [1.165, 1.54) is 31.0 Å². The van der Waals surface area contributed by atoms with Crippen molar-refractivity contribution in [3.05, 3.63) is 39.7 Å². The van der Waals surface area contributed by atoms with Crippen LogP contribution in [-0.2, 0) is 4.79 Å². The Hall–Kier alpha value is -1.24. The van der Waals surface area contributed by atoms with Crippen molar-refractivity contribution < 1.29 is 9.21 Å². The number of amides is 1. The zero-order valence-electron chi connectivity index (χ0n) is 14.5. The second-order valence-corrected chi connectivity index (χ2v) is 8.26. The van der Waals surface area contributed by atoms with Gasteiger partial charge in [-0.1, -0.05) is 60.3 Å². The standard InChI is InChI=1S/C18H21Cl2N3O2S/c1-11(14-8-7-13(19)9-15(14)20)21-16(24)10-26-18-23-22-17(25-18)12-5-3-2-4-6-12/h7-9,11-12H,2-6,10H2,1H3,(H,21,24)/t11-/m0/s1. The highest BCUT2D eigenvalue weighted by atomic mass is 35.5. The van der Waals surface area contributed by atoms with E-state index in [0.29, 0.717) is 27.1 Å². The first kappa shape index (κ1) is 19.5. The average molecular weight is 414 g/mol. The van der Waals surface area contributed by atoms with Crippen LogP contribution in [0.1, 0.15) is 62.4 Å². The number of nitrogens with one attached hydrogen (secondary N) is 1. The molecule has 1 aromatic carbocycles. The minimum absolute atomic E-state index is 0.120. The van der Waals surface area contributed by atoms with Crippen LogP contribution in [0.25, 0.3) is 0 Å². The van der Waals surface area contributed by atoms with Crippen LogP contribution >= 0.6 is 35.0 Å². The molecule has 26 heavy (non-hydrogen) atoms. The number of benzene rings is 1. The molecule has 1 N–H and O–H groups in total. The van der Waals surface area contributed by atoms with E-state index in [1.807, 2.05) is 13.0 Å². The fraction of sp³-hybridized carbons (Fsp3) is 0.500. The van der Waals surface area contributed by atoms with Gasteiger partial charge in [0.1, 0.15) is 0 Å². The largest absolute Gasteiger partial charge is 0.416 e. The summed E-state index contributed by atoms with van der Waals surface area (Å²) in [6.07, 6.45) is 5.91. The molecule has 3 rings (SSSR count). The molecule has 1 aromatic heterocycles. The number of halogens is 2. The first-order valence-electron chi connectivity index (χ1n) is 8.73. The minimum Gasteiger partial charge on any atom is -0.416 e. The van der Waals surface area contributed by atoms with Crippen LogP contribution in [0.3, 0.4) is 0 Å². The molecule has 0 saturated heterocycles. The summed E-state index contributed by atoms with van der Waals surface area (Å²) in [7, 11) is 0. The van der Waals surface area contributed by atoms with Gasteiger partial charge in [0.15, 0.2) is 0 Å². The normalized spacial score (nSPS) is 16.4. The molecule has 140 valence electrons. The van der Waals surface area contributed by atoms with E-state index in [-0.39, 0.29) is 17.7 Å². The number of nitrogens with zero attached hydrogens (tertiary/aromatic N) is 2. The van der Waals surface area contributed by atoms with Crippen LogP contribution in [-0.4, -0.2) is 21.9 Å². The molecular weight excluding hydrogens is 393 g/mol. The van der Waals surface area contributed by atoms with Crippen LogP contribution in [0, 0.1) is 0 Å². The Kier molecular flexibility index (Phi) is 6.84. The molecule has 5 nitrogen and oxygen atoms in total. The fourth-order valence-corrected chi connectivity index (χ4v) is 4.29. The number of aromatic nitrogens is 2. The molecule has 0 spiro atoms. The second kappa shape index (κ2) is 9.11. The Morgan fingerprint density at radius 3 is 2.81 bits per heavy atom. The molecule has 1 aliphatic rings. The van der Waals surface area contributed by atoms with Crippen LogP contribution in [0.2, 0.25) is 10.0 Å². The molecule has 1 saturated carbocycles. The monoisotopic (exact) mass is 413 g/mol. The van der Waals surface area contributed by atoms with Crippen LogP contribution in [0.15, 0.2) is 27.8 Å². The smallest absolute Gasteiger partial charge is 0.277 e. The van der Waals surface area contributed by atoms with Gasteiger partial charge in [-0.15, -0.1) is 10.2 Å². The summed E-state index contributed by atoms with van der Waals surface area (Å²) in [5.41, 5.74) is 0.826. The average Bonchev–Trinajstić information content (AvgIpc) is 3.09. The number of rotatable bonds is 6. The number of carbonyl (C=O) groups is 1. The first-order chi connectivity index (χ1) is 12.5. The van der Waals surface area contributed by atoms with Crippen molar-refractivity contribution in [2.45, 2.75) is 56.2 Å². The van der Waals surface area contributed by atoms with Crippen molar-refractivity contribution in [3.8, 4) is 0 Å². The van der Waals surface area contributed by atoms with E-state index in [1.54, 1.807) is 12.1 Å².